The predicted molar refractivity (Wildman–Crippen MR) is 89.4 cm³/mol. The van der Waals surface area contributed by atoms with Crippen molar-refractivity contribution in [2.45, 2.75) is 65.2 Å². The molecule has 4 aliphatic carbocycles. The normalized spacial score (nSPS) is 49.3. The van der Waals surface area contributed by atoms with Crippen LogP contribution < -0.4 is 0 Å². The Hall–Kier alpha value is -0.990. The maximum Gasteiger partial charge on any atom is 0.176 e. The fraction of sp³-hybridized carbons (Fsp3) is 0.850. The summed E-state index contributed by atoms with van der Waals surface area (Å²) in [5.41, 5.74) is 0.652. The first-order valence-corrected chi connectivity index (χ1v) is 9.55. The molecule has 0 aromatic carbocycles. The summed E-state index contributed by atoms with van der Waals surface area (Å²) in [5.74, 6) is 3.72. The van der Waals surface area contributed by atoms with E-state index < -0.39 is 0 Å². The Morgan fingerprint density at radius 2 is 1.83 bits per heavy atom. The van der Waals surface area contributed by atoms with Crippen LogP contribution in [-0.4, -0.2) is 17.3 Å². The van der Waals surface area contributed by atoms with E-state index in [9.17, 15) is 9.59 Å². The summed E-state index contributed by atoms with van der Waals surface area (Å²) in [6, 6.07) is 0. The molecule has 1 unspecified atom stereocenters. The van der Waals surface area contributed by atoms with E-state index in [1.165, 1.54) is 25.7 Å². The summed E-state index contributed by atoms with van der Waals surface area (Å²) >= 11 is 0. The Labute approximate surface area is 139 Å². The summed E-state index contributed by atoms with van der Waals surface area (Å²) in [6.45, 7) is 4.17. The maximum atomic E-state index is 12.1. The van der Waals surface area contributed by atoms with Crippen molar-refractivity contribution in [2.75, 3.05) is 0 Å². The molecule has 0 saturated heterocycles. The van der Waals surface area contributed by atoms with Crippen LogP contribution in [0.3, 0.4) is 0 Å². The van der Waals surface area contributed by atoms with Crippen LogP contribution >= 0.6 is 0 Å². The van der Waals surface area contributed by atoms with Crippen LogP contribution in [0.15, 0.2) is 0 Å². The molecule has 3 nitrogen and oxygen atoms in total. The Bertz CT molecular complexity index is 568. The Morgan fingerprint density at radius 1 is 1.04 bits per heavy atom. The van der Waals surface area contributed by atoms with E-state index in [2.05, 4.69) is 6.92 Å². The van der Waals surface area contributed by atoms with Crippen molar-refractivity contribution < 1.29 is 9.59 Å². The second-order valence-corrected chi connectivity index (χ2v) is 8.94. The topological polar surface area (TPSA) is 58.0 Å². The van der Waals surface area contributed by atoms with Crippen molar-refractivity contribution in [2.24, 2.45) is 40.9 Å². The second-order valence-electron chi connectivity index (χ2n) is 8.94. The highest BCUT2D eigenvalue weighted by molar-refractivity contribution is 6.39. The highest BCUT2D eigenvalue weighted by Crippen LogP contribution is 2.63. The molecule has 1 N–H and O–H groups in total. The molecular formula is C20H29NO2. The van der Waals surface area contributed by atoms with Crippen LogP contribution in [0, 0.1) is 46.3 Å². The van der Waals surface area contributed by atoms with E-state index in [1.54, 1.807) is 6.92 Å². The van der Waals surface area contributed by atoms with Crippen molar-refractivity contribution in [1.29, 1.82) is 5.41 Å². The molecule has 0 spiro atoms. The molecule has 23 heavy (non-hydrogen) atoms. The van der Waals surface area contributed by atoms with Gasteiger partial charge in [-0.1, -0.05) is 6.92 Å². The number of fused-ring (bicyclic) bond motifs is 5. The van der Waals surface area contributed by atoms with Crippen LogP contribution in [0.5, 0.6) is 0 Å². The van der Waals surface area contributed by atoms with Gasteiger partial charge in [0.2, 0.25) is 0 Å². The number of hydrogen-bond donors (Lipinski definition) is 1. The van der Waals surface area contributed by atoms with Gasteiger partial charge in [0.15, 0.2) is 5.78 Å². The molecule has 4 rings (SSSR count). The largest absolute Gasteiger partial charge is 0.301 e. The number of hydrogen-bond acceptors (Lipinski definition) is 3. The first-order chi connectivity index (χ1) is 10.9. The highest BCUT2D eigenvalue weighted by atomic mass is 16.1. The third-order valence-corrected chi connectivity index (χ3v) is 8.24. The van der Waals surface area contributed by atoms with Crippen molar-refractivity contribution in [3.05, 3.63) is 0 Å². The molecule has 0 radical (unpaired) electrons. The first-order valence-electron chi connectivity index (χ1n) is 9.55. The average molecular weight is 315 g/mol. The van der Waals surface area contributed by atoms with Crippen LogP contribution in [0.2, 0.25) is 0 Å². The van der Waals surface area contributed by atoms with Gasteiger partial charge in [-0.05, 0) is 81.0 Å². The van der Waals surface area contributed by atoms with Gasteiger partial charge < -0.3 is 5.41 Å². The van der Waals surface area contributed by atoms with Crippen LogP contribution in [0.1, 0.15) is 65.2 Å². The highest BCUT2D eigenvalue weighted by Gasteiger charge is 2.58. The van der Waals surface area contributed by atoms with Gasteiger partial charge >= 0.3 is 0 Å². The maximum absolute atomic E-state index is 12.1. The standard InChI is InChI=1S/C20H29NO2/c1-11(22)16-6-7-17-14-3-4-15-12(5-8-18(23)19(15)21)13(14)9-10-20(16,17)2/h12-17,21H,3-10H2,1-2H3/t12-,13-,14-,15?,16-,17+,20-/m1/s1. The molecule has 0 heterocycles. The lowest BCUT2D eigenvalue weighted by molar-refractivity contribution is -0.128. The number of carbonyl (C=O) groups excluding carboxylic acids is 2. The van der Waals surface area contributed by atoms with E-state index in [0.29, 0.717) is 35.7 Å². The first kappa shape index (κ1) is 15.5. The van der Waals surface area contributed by atoms with Gasteiger partial charge in [0.25, 0.3) is 0 Å². The molecular weight excluding hydrogens is 286 g/mol. The minimum atomic E-state index is 0.0999. The quantitative estimate of drug-likeness (QED) is 0.794. The van der Waals surface area contributed by atoms with E-state index in [4.69, 9.17) is 5.41 Å². The van der Waals surface area contributed by atoms with E-state index >= 15 is 0 Å². The third-order valence-electron chi connectivity index (χ3n) is 8.24. The Balaban J connectivity index is 1.60. The van der Waals surface area contributed by atoms with Crippen molar-refractivity contribution in [1.82, 2.24) is 0 Å². The van der Waals surface area contributed by atoms with Gasteiger partial charge in [-0.15, -0.1) is 0 Å². The SMILES string of the molecule is CC(=O)[C@H]1CC[C@H]2[C@@H]3CCC4C(=N)C(=O)CC[C@@H]4[C@H]3CC[C@]12C. The van der Waals surface area contributed by atoms with Gasteiger partial charge in [0.05, 0.1) is 5.71 Å². The molecule has 4 aliphatic rings. The van der Waals surface area contributed by atoms with Gasteiger partial charge in [-0.3, -0.25) is 9.59 Å². The van der Waals surface area contributed by atoms with E-state index in [-0.39, 0.29) is 23.0 Å². The molecule has 4 fully saturated rings. The fourth-order valence-corrected chi connectivity index (χ4v) is 7.23. The van der Waals surface area contributed by atoms with Crippen molar-refractivity contribution in [3.63, 3.8) is 0 Å². The van der Waals surface area contributed by atoms with Crippen LogP contribution in [-0.2, 0) is 9.59 Å². The molecule has 126 valence electrons. The summed E-state index contributed by atoms with van der Waals surface area (Å²) in [6.07, 6.45) is 8.50. The summed E-state index contributed by atoms with van der Waals surface area (Å²) in [4.78, 5) is 24.0. The molecule has 0 aliphatic heterocycles. The van der Waals surface area contributed by atoms with E-state index in [1.807, 2.05) is 0 Å². The van der Waals surface area contributed by atoms with Crippen molar-refractivity contribution in [3.8, 4) is 0 Å². The number of Topliss-reactive ketones (excluding diaryl/α,β-unsaturated/α-hetero) is 2. The number of rotatable bonds is 1. The summed E-state index contributed by atoms with van der Waals surface area (Å²) < 4.78 is 0. The van der Waals surface area contributed by atoms with Gasteiger partial charge in [0, 0.05) is 18.3 Å². The molecule has 7 atom stereocenters. The van der Waals surface area contributed by atoms with Crippen LogP contribution in [0.25, 0.3) is 0 Å². The summed E-state index contributed by atoms with van der Waals surface area (Å²) in [7, 11) is 0. The molecule has 0 bridgehead atoms. The zero-order valence-corrected chi connectivity index (χ0v) is 14.4. The predicted octanol–water partition coefficient (Wildman–Crippen LogP) is 4.04. The molecule has 0 aromatic rings. The van der Waals surface area contributed by atoms with Gasteiger partial charge in [-0.25, -0.2) is 0 Å². The molecule has 4 saturated carbocycles. The lowest BCUT2D eigenvalue weighted by atomic mass is 9.49. The molecule has 3 heteroatoms. The molecule has 0 amide bonds. The smallest absolute Gasteiger partial charge is 0.176 e. The lowest BCUT2D eigenvalue weighted by Gasteiger charge is -2.55. The number of carbonyl (C=O) groups is 2. The monoisotopic (exact) mass is 315 g/mol. The van der Waals surface area contributed by atoms with E-state index in [0.717, 1.165) is 25.2 Å². The minimum Gasteiger partial charge on any atom is -0.301 e. The Morgan fingerprint density at radius 3 is 2.57 bits per heavy atom. The number of ketones is 2. The average Bonchev–Trinajstić information content (AvgIpc) is 2.88. The zero-order chi connectivity index (χ0) is 16.4. The minimum absolute atomic E-state index is 0.0999. The van der Waals surface area contributed by atoms with Gasteiger partial charge in [0.1, 0.15) is 5.78 Å². The Kier molecular flexibility index (Phi) is 3.55. The zero-order valence-electron chi connectivity index (χ0n) is 14.4. The van der Waals surface area contributed by atoms with Crippen LogP contribution in [0.4, 0.5) is 0 Å². The fourth-order valence-electron chi connectivity index (χ4n) is 7.23. The van der Waals surface area contributed by atoms with Gasteiger partial charge in [-0.2, -0.15) is 0 Å². The number of nitrogens with one attached hydrogen (secondary N) is 1. The third kappa shape index (κ3) is 2.11. The summed E-state index contributed by atoms with van der Waals surface area (Å²) in [5, 5.41) is 8.21. The lowest BCUT2D eigenvalue weighted by Crippen LogP contribution is -2.51. The van der Waals surface area contributed by atoms with Crippen molar-refractivity contribution >= 4 is 17.3 Å². The molecule has 0 aromatic heterocycles. The second kappa shape index (κ2) is 5.26.